The fraction of sp³-hybridized carbons (Fsp3) is 0.188. The molecule has 0 radical (unpaired) electrons. The van der Waals surface area contributed by atoms with Crippen LogP contribution in [0.2, 0.25) is 0 Å². The molecule has 0 atom stereocenters. The summed E-state index contributed by atoms with van der Waals surface area (Å²) in [7, 11) is 0. The molecule has 1 aromatic carbocycles. The quantitative estimate of drug-likeness (QED) is 0.881. The molecule has 0 spiro atoms. The van der Waals surface area contributed by atoms with Crippen molar-refractivity contribution < 1.29 is 0 Å². The average molecular weight is 253 g/mol. The van der Waals surface area contributed by atoms with Crippen molar-refractivity contribution in [2.45, 2.75) is 19.8 Å². The Morgan fingerprint density at radius 1 is 1.21 bits per heavy atom. The molecule has 0 saturated carbocycles. The molecule has 2 aromatic rings. The highest BCUT2D eigenvalue weighted by atomic mass is 14.8. The predicted octanol–water partition coefficient (Wildman–Crippen LogP) is 3.38. The highest BCUT2D eigenvalue weighted by Gasteiger charge is 2.11. The van der Waals surface area contributed by atoms with Crippen LogP contribution in [0.4, 0.5) is 5.82 Å². The number of pyridine rings is 1. The number of hydrogen-bond donors (Lipinski definition) is 2. The second-order valence-corrected chi connectivity index (χ2v) is 4.93. The Bertz CT molecular complexity index is 615. The van der Waals surface area contributed by atoms with Crippen LogP contribution in [0.25, 0.3) is 16.8 Å². The minimum Gasteiger partial charge on any atom is -0.399 e. The number of rotatable bonds is 3. The molecule has 0 amide bonds. The minimum atomic E-state index is 0.309. The Kier molecular flexibility index (Phi) is 3.56. The standard InChI is InChI=1S/C16H19N3/c1-10(2)16-14(7-8-15(18)19-16)13-6-4-5-12(9-13)11(3)17/h4-10H,3,17H2,1-2H3,(H2,18,19). The van der Waals surface area contributed by atoms with Gasteiger partial charge in [-0.25, -0.2) is 4.98 Å². The molecular weight excluding hydrogens is 234 g/mol. The lowest BCUT2D eigenvalue weighted by Gasteiger charge is -2.13. The van der Waals surface area contributed by atoms with E-state index in [2.05, 4.69) is 25.4 Å². The van der Waals surface area contributed by atoms with Crippen LogP contribution in [0.3, 0.4) is 0 Å². The zero-order chi connectivity index (χ0) is 14.0. The van der Waals surface area contributed by atoms with Crippen LogP contribution >= 0.6 is 0 Å². The van der Waals surface area contributed by atoms with E-state index in [1.54, 1.807) is 0 Å². The molecule has 4 N–H and O–H groups in total. The maximum absolute atomic E-state index is 5.78. The van der Waals surface area contributed by atoms with Gasteiger partial charge in [-0.15, -0.1) is 0 Å². The second-order valence-electron chi connectivity index (χ2n) is 4.93. The Labute approximate surface area is 114 Å². The van der Waals surface area contributed by atoms with Gasteiger partial charge in [0.25, 0.3) is 0 Å². The molecule has 0 aliphatic rings. The topological polar surface area (TPSA) is 64.9 Å². The summed E-state index contributed by atoms with van der Waals surface area (Å²) in [5.41, 5.74) is 16.2. The summed E-state index contributed by atoms with van der Waals surface area (Å²) in [4.78, 5) is 4.45. The summed E-state index contributed by atoms with van der Waals surface area (Å²) in [5, 5.41) is 0. The summed E-state index contributed by atoms with van der Waals surface area (Å²) in [6.07, 6.45) is 0. The fourth-order valence-corrected chi connectivity index (χ4v) is 2.06. The lowest BCUT2D eigenvalue weighted by atomic mass is 9.96. The molecule has 0 fully saturated rings. The number of benzene rings is 1. The fourth-order valence-electron chi connectivity index (χ4n) is 2.06. The van der Waals surface area contributed by atoms with Crippen molar-refractivity contribution in [3.05, 3.63) is 54.2 Å². The van der Waals surface area contributed by atoms with Crippen molar-refractivity contribution in [1.29, 1.82) is 0 Å². The first-order chi connectivity index (χ1) is 8.99. The number of hydrogen-bond acceptors (Lipinski definition) is 3. The number of nitrogens with two attached hydrogens (primary N) is 2. The highest BCUT2D eigenvalue weighted by molar-refractivity contribution is 5.72. The molecule has 3 heteroatoms. The van der Waals surface area contributed by atoms with E-state index in [0.29, 0.717) is 17.4 Å². The second kappa shape index (κ2) is 5.14. The normalized spacial score (nSPS) is 10.7. The van der Waals surface area contributed by atoms with Crippen LogP contribution < -0.4 is 11.5 Å². The molecular formula is C16H19N3. The van der Waals surface area contributed by atoms with E-state index in [1.165, 1.54) is 0 Å². The van der Waals surface area contributed by atoms with Crippen molar-refractivity contribution >= 4 is 11.5 Å². The molecule has 0 bridgehead atoms. The SMILES string of the molecule is C=C(N)c1cccc(-c2ccc(N)nc2C(C)C)c1. The van der Waals surface area contributed by atoms with Gasteiger partial charge in [0.15, 0.2) is 0 Å². The Morgan fingerprint density at radius 3 is 2.58 bits per heavy atom. The summed E-state index contributed by atoms with van der Waals surface area (Å²) in [6.45, 7) is 7.99. The van der Waals surface area contributed by atoms with E-state index in [1.807, 2.05) is 36.4 Å². The smallest absolute Gasteiger partial charge is 0.123 e. The zero-order valence-electron chi connectivity index (χ0n) is 11.4. The first-order valence-corrected chi connectivity index (χ1v) is 6.30. The Balaban J connectivity index is 2.58. The molecule has 98 valence electrons. The van der Waals surface area contributed by atoms with Gasteiger partial charge in [0.05, 0.1) is 5.69 Å². The molecule has 19 heavy (non-hydrogen) atoms. The van der Waals surface area contributed by atoms with Crippen LogP contribution in [0.5, 0.6) is 0 Å². The summed E-state index contributed by atoms with van der Waals surface area (Å²) in [5.74, 6) is 0.857. The number of nitrogen functional groups attached to an aromatic ring is 1. The van der Waals surface area contributed by atoms with Gasteiger partial charge in [0.2, 0.25) is 0 Å². The Morgan fingerprint density at radius 2 is 1.95 bits per heavy atom. The molecule has 3 nitrogen and oxygen atoms in total. The molecule has 1 heterocycles. The third kappa shape index (κ3) is 2.76. The van der Waals surface area contributed by atoms with Crippen molar-refractivity contribution in [2.75, 3.05) is 5.73 Å². The third-order valence-electron chi connectivity index (χ3n) is 3.04. The van der Waals surface area contributed by atoms with Gasteiger partial charge < -0.3 is 11.5 Å². The minimum absolute atomic E-state index is 0.309. The molecule has 0 aliphatic heterocycles. The molecule has 1 aromatic heterocycles. The van der Waals surface area contributed by atoms with Gasteiger partial charge in [-0.05, 0) is 35.2 Å². The van der Waals surface area contributed by atoms with Crippen molar-refractivity contribution in [3.63, 3.8) is 0 Å². The number of aromatic nitrogens is 1. The van der Waals surface area contributed by atoms with E-state index in [4.69, 9.17) is 11.5 Å². The van der Waals surface area contributed by atoms with Crippen molar-refractivity contribution in [2.24, 2.45) is 5.73 Å². The van der Waals surface area contributed by atoms with Crippen LogP contribution in [-0.4, -0.2) is 4.98 Å². The first kappa shape index (κ1) is 13.1. The van der Waals surface area contributed by atoms with Gasteiger partial charge in [0.1, 0.15) is 5.82 Å². The molecule has 0 aliphatic carbocycles. The van der Waals surface area contributed by atoms with E-state index in [0.717, 1.165) is 22.4 Å². The highest BCUT2D eigenvalue weighted by Crippen LogP contribution is 2.29. The van der Waals surface area contributed by atoms with Gasteiger partial charge in [-0.1, -0.05) is 38.6 Å². The first-order valence-electron chi connectivity index (χ1n) is 6.30. The predicted molar refractivity (Wildman–Crippen MR) is 81.4 cm³/mol. The van der Waals surface area contributed by atoms with Gasteiger partial charge in [-0.3, -0.25) is 0 Å². The maximum Gasteiger partial charge on any atom is 0.123 e. The van der Waals surface area contributed by atoms with Crippen LogP contribution in [0.1, 0.15) is 31.0 Å². The van der Waals surface area contributed by atoms with Crippen LogP contribution in [0.15, 0.2) is 43.0 Å². The van der Waals surface area contributed by atoms with E-state index in [9.17, 15) is 0 Å². The largest absolute Gasteiger partial charge is 0.399 e. The summed E-state index contributed by atoms with van der Waals surface area (Å²) >= 11 is 0. The van der Waals surface area contributed by atoms with Crippen molar-refractivity contribution in [3.8, 4) is 11.1 Å². The summed E-state index contributed by atoms with van der Waals surface area (Å²) in [6, 6.07) is 11.8. The van der Waals surface area contributed by atoms with Crippen LogP contribution in [-0.2, 0) is 0 Å². The number of anilines is 1. The number of nitrogens with zero attached hydrogens (tertiary/aromatic N) is 1. The molecule has 0 saturated heterocycles. The maximum atomic E-state index is 5.78. The summed E-state index contributed by atoms with van der Waals surface area (Å²) < 4.78 is 0. The lowest BCUT2D eigenvalue weighted by molar-refractivity contribution is 0.828. The van der Waals surface area contributed by atoms with Gasteiger partial charge in [-0.2, -0.15) is 0 Å². The van der Waals surface area contributed by atoms with Gasteiger partial charge >= 0.3 is 0 Å². The Hall–Kier alpha value is -2.29. The average Bonchev–Trinajstić information content (AvgIpc) is 2.38. The zero-order valence-corrected chi connectivity index (χ0v) is 11.4. The van der Waals surface area contributed by atoms with E-state index >= 15 is 0 Å². The van der Waals surface area contributed by atoms with Gasteiger partial charge in [0, 0.05) is 11.3 Å². The van der Waals surface area contributed by atoms with E-state index in [-0.39, 0.29) is 0 Å². The molecule has 2 rings (SSSR count). The monoisotopic (exact) mass is 253 g/mol. The molecule has 0 unspecified atom stereocenters. The third-order valence-corrected chi connectivity index (χ3v) is 3.04. The lowest BCUT2D eigenvalue weighted by Crippen LogP contribution is -2.01. The van der Waals surface area contributed by atoms with E-state index < -0.39 is 0 Å². The van der Waals surface area contributed by atoms with Crippen molar-refractivity contribution in [1.82, 2.24) is 4.98 Å². The van der Waals surface area contributed by atoms with Crippen LogP contribution in [0, 0.1) is 0 Å².